The first-order valence-corrected chi connectivity index (χ1v) is 8.37. The maximum atomic E-state index is 12.4. The summed E-state index contributed by atoms with van der Waals surface area (Å²) in [5, 5.41) is 8.92. The smallest absolute Gasteiger partial charge is 0.321 e. The average Bonchev–Trinajstić information content (AvgIpc) is 3.15. The molecule has 0 radical (unpaired) electrons. The van der Waals surface area contributed by atoms with E-state index in [1.807, 2.05) is 0 Å². The highest BCUT2D eigenvalue weighted by Gasteiger charge is 2.31. The molecule has 22 heavy (non-hydrogen) atoms. The van der Waals surface area contributed by atoms with Crippen LogP contribution in [0.15, 0.2) is 17.2 Å². The van der Waals surface area contributed by atoms with Gasteiger partial charge in [0.05, 0.1) is 0 Å². The number of aromatic nitrogens is 1. The fraction of sp³-hybridized carbons (Fsp3) is 0.538. The Morgan fingerprint density at radius 3 is 2.50 bits per heavy atom. The molecule has 1 aliphatic heterocycles. The van der Waals surface area contributed by atoms with Gasteiger partial charge in [-0.05, 0) is 25.8 Å². The number of rotatable bonds is 5. The molecular weight excluding hydrogens is 310 g/mol. The number of carbonyl (C=O) groups is 2. The zero-order valence-electron chi connectivity index (χ0n) is 12.4. The summed E-state index contributed by atoms with van der Waals surface area (Å²) in [7, 11) is -2.77. The SMILES string of the molecule is CC(C(=O)O)N(C)S(=O)(=O)c1c[nH]c(C(=O)N2CCCC2)c1. The van der Waals surface area contributed by atoms with Crippen LogP contribution in [-0.2, 0) is 14.8 Å². The number of hydrogen-bond donors (Lipinski definition) is 2. The first kappa shape index (κ1) is 16.5. The molecule has 1 aromatic rings. The second-order valence-corrected chi connectivity index (χ2v) is 7.28. The molecule has 0 spiro atoms. The third-order valence-corrected chi connectivity index (χ3v) is 5.77. The summed E-state index contributed by atoms with van der Waals surface area (Å²) in [4.78, 5) is 27.3. The highest BCUT2D eigenvalue weighted by molar-refractivity contribution is 7.89. The summed E-state index contributed by atoms with van der Waals surface area (Å²) in [6.45, 7) is 2.61. The zero-order chi connectivity index (χ0) is 16.5. The molecule has 1 fully saturated rings. The number of H-pyrrole nitrogens is 1. The average molecular weight is 329 g/mol. The number of carbonyl (C=O) groups excluding carboxylic acids is 1. The molecule has 122 valence electrons. The van der Waals surface area contributed by atoms with Crippen LogP contribution >= 0.6 is 0 Å². The standard InChI is InChI=1S/C13H19N3O5S/c1-9(13(18)19)15(2)22(20,21)10-7-11(14-8-10)12(17)16-5-3-4-6-16/h7-9,14H,3-6H2,1-2H3,(H,18,19). The van der Waals surface area contributed by atoms with Gasteiger partial charge in [0.15, 0.2) is 0 Å². The van der Waals surface area contributed by atoms with Gasteiger partial charge in [-0.1, -0.05) is 0 Å². The number of aliphatic carboxylic acids is 1. The molecule has 2 heterocycles. The van der Waals surface area contributed by atoms with Crippen molar-refractivity contribution in [2.75, 3.05) is 20.1 Å². The molecule has 0 aliphatic carbocycles. The van der Waals surface area contributed by atoms with E-state index in [9.17, 15) is 18.0 Å². The van der Waals surface area contributed by atoms with Crippen molar-refractivity contribution in [2.45, 2.75) is 30.7 Å². The Morgan fingerprint density at radius 1 is 1.36 bits per heavy atom. The second kappa shape index (κ2) is 6.09. The number of amides is 1. The van der Waals surface area contributed by atoms with E-state index in [4.69, 9.17) is 5.11 Å². The van der Waals surface area contributed by atoms with Crippen molar-refractivity contribution in [1.82, 2.24) is 14.2 Å². The van der Waals surface area contributed by atoms with E-state index in [-0.39, 0.29) is 16.5 Å². The van der Waals surface area contributed by atoms with Crippen LogP contribution in [0, 0.1) is 0 Å². The number of nitrogens with zero attached hydrogens (tertiary/aromatic N) is 2. The van der Waals surface area contributed by atoms with Gasteiger partial charge < -0.3 is 15.0 Å². The Hall–Kier alpha value is -1.87. The highest BCUT2D eigenvalue weighted by Crippen LogP contribution is 2.19. The zero-order valence-corrected chi connectivity index (χ0v) is 13.3. The summed E-state index contributed by atoms with van der Waals surface area (Å²) in [5.41, 5.74) is 0.192. The van der Waals surface area contributed by atoms with Gasteiger partial charge in [0, 0.05) is 26.3 Å². The molecule has 1 amide bonds. The number of carboxylic acids is 1. The van der Waals surface area contributed by atoms with Crippen LogP contribution in [0.1, 0.15) is 30.3 Å². The predicted molar refractivity (Wildman–Crippen MR) is 78.0 cm³/mol. The van der Waals surface area contributed by atoms with E-state index in [1.54, 1.807) is 4.90 Å². The molecule has 1 aromatic heterocycles. The highest BCUT2D eigenvalue weighted by atomic mass is 32.2. The molecule has 1 atom stereocenters. The van der Waals surface area contributed by atoms with Gasteiger partial charge in [-0.2, -0.15) is 4.31 Å². The van der Waals surface area contributed by atoms with Crippen molar-refractivity contribution in [3.63, 3.8) is 0 Å². The lowest BCUT2D eigenvalue weighted by molar-refractivity contribution is -0.140. The minimum Gasteiger partial charge on any atom is -0.480 e. The maximum absolute atomic E-state index is 12.4. The second-order valence-electron chi connectivity index (χ2n) is 5.28. The molecule has 0 saturated carbocycles. The lowest BCUT2D eigenvalue weighted by Gasteiger charge is -2.20. The monoisotopic (exact) mass is 329 g/mol. The molecular formula is C13H19N3O5S. The molecule has 0 aromatic carbocycles. The van der Waals surface area contributed by atoms with Crippen LogP contribution < -0.4 is 0 Å². The van der Waals surface area contributed by atoms with Gasteiger partial charge in [0.25, 0.3) is 5.91 Å². The summed E-state index contributed by atoms with van der Waals surface area (Å²) in [6, 6.07) is 0.0544. The third-order valence-electron chi connectivity index (χ3n) is 3.86. The molecule has 1 unspecified atom stereocenters. The molecule has 2 N–H and O–H groups in total. The van der Waals surface area contributed by atoms with Crippen LogP contribution in [0.3, 0.4) is 0 Å². The normalized spacial score (nSPS) is 17.0. The fourth-order valence-electron chi connectivity index (χ4n) is 2.27. The van der Waals surface area contributed by atoms with Crippen LogP contribution in [-0.4, -0.2) is 65.8 Å². The minimum atomic E-state index is -3.97. The minimum absolute atomic E-state index is 0.120. The summed E-state index contributed by atoms with van der Waals surface area (Å²) in [5.74, 6) is -1.48. The van der Waals surface area contributed by atoms with E-state index in [1.165, 1.54) is 26.2 Å². The van der Waals surface area contributed by atoms with Crippen molar-refractivity contribution in [3.05, 3.63) is 18.0 Å². The van der Waals surface area contributed by atoms with Crippen molar-refractivity contribution in [2.24, 2.45) is 0 Å². The molecule has 1 saturated heterocycles. The Labute approximate surface area is 128 Å². The molecule has 9 heteroatoms. The van der Waals surface area contributed by atoms with E-state index in [0.717, 1.165) is 17.1 Å². The Bertz CT molecular complexity index is 676. The molecule has 1 aliphatic rings. The van der Waals surface area contributed by atoms with E-state index in [0.29, 0.717) is 13.1 Å². The largest absolute Gasteiger partial charge is 0.480 e. The summed E-state index contributed by atoms with van der Waals surface area (Å²) >= 11 is 0. The fourth-order valence-corrected chi connectivity index (χ4v) is 3.58. The quantitative estimate of drug-likeness (QED) is 0.809. The Balaban J connectivity index is 2.23. The van der Waals surface area contributed by atoms with Gasteiger partial charge in [-0.3, -0.25) is 9.59 Å². The van der Waals surface area contributed by atoms with Gasteiger partial charge >= 0.3 is 5.97 Å². The number of sulfonamides is 1. The Morgan fingerprint density at radius 2 is 1.95 bits per heavy atom. The van der Waals surface area contributed by atoms with Crippen LogP contribution in [0.4, 0.5) is 0 Å². The lowest BCUT2D eigenvalue weighted by Crippen LogP contribution is -2.40. The number of likely N-dealkylation sites (tertiary alicyclic amines) is 1. The molecule has 2 rings (SSSR count). The van der Waals surface area contributed by atoms with Crippen molar-refractivity contribution >= 4 is 21.9 Å². The first-order valence-electron chi connectivity index (χ1n) is 6.93. The number of nitrogens with one attached hydrogen (secondary N) is 1. The van der Waals surface area contributed by atoms with E-state index < -0.39 is 22.0 Å². The van der Waals surface area contributed by atoms with Crippen LogP contribution in [0.2, 0.25) is 0 Å². The molecule has 0 bridgehead atoms. The molecule has 8 nitrogen and oxygen atoms in total. The number of likely N-dealkylation sites (N-methyl/N-ethyl adjacent to an activating group) is 1. The summed E-state index contributed by atoms with van der Waals surface area (Å²) < 4.78 is 25.5. The van der Waals surface area contributed by atoms with Crippen LogP contribution in [0.5, 0.6) is 0 Å². The Kier molecular flexibility index (Phi) is 4.57. The third kappa shape index (κ3) is 3.00. The van der Waals surface area contributed by atoms with E-state index in [2.05, 4.69) is 4.98 Å². The number of hydrogen-bond acceptors (Lipinski definition) is 4. The van der Waals surface area contributed by atoms with Crippen molar-refractivity contribution in [3.8, 4) is 0 Å². The van der Waals surface area contributed by atoms with Gasteiger partial charge in [0.1, 0.15) is 16.6 Å². The summed E-state index contributed by atoms with van der Waals surface area (Å²) in [6.07, 6.45) is 3.09. The van der Waals surface area contributed by atoms with Crippen molar-refractivity contribution in [1.29, 1.82) is 0 Å². The van der Waals surface area contributed by atoms with Gasteiger partial charge in [-0.15, -0.1) is 0 Å². The van der Waals surface area contributed by atoms with E-state index >= 15 is 0 Å². The van der Waals surface area contributed by atoms with Gasteiger partial charge in [0.2, 0.25) is 10.0 Å². The topological polar surface area (TPSA) is 111 Å². The maximum Gasteiger partial charge on any atom is 0.321 e. The lowest BCUT2D eigenvalue weighted by atomic mass is 10.4. The predicted octanol–water partition coefficient (Wildman–Crippen LogP) is 0.344. The number of aromatic amines is 1. The van der Waals surface area contributed by atoms with Crippen LogP contribution in [0.25, 0.3) is 0 Å². The first-order chi connectivity index (χ1) is 10.2. The van der Waals surface area contributed by atoms with Gasteiger partial charge in [-0.25, -0.2) is 8.42 Å². The number of carboxylic acid groups (broad SMARTS) is 1. The van der Waals surface area contributed by atoms with Crippen molar-refractivity contribution < 1.29 is 23.1 Å².